The zero-order chi connectivity index (χ0) is 21.7. The van der Waals surface area contributed by atoms with Gasteiger partial charge in [-0.05, 0) is 68.9 Å². The highest BCUT2D eigenvalue weighted by Crippen LogP contribution is 2.59. The van der Waals surface area contributed by atoms with Gasteiger partial charge in [0.25, 0.3) is 5.91 Å². The molecule has 4 N–H and O–H groups in total. The first-order valence-electron chi connectivity index (χ1n) is 10.9. The van der Waals surface area contributed by atoms with Crippen LogP contribution in [0.15, 0.2) is 12.1 Å². The molecule has 3 aliphatic rings. The van der Waals surface area contributed by atoms with Crippen LogP contribution in [0.4, 0.5) is 30.2 Å². The summed E-state index contributed by atoms with van der Waals surface area (Å²) in [4.78, 5) is 15.3. The first kappa shape index (κ1) is 21.1. The number of carbonyl (C=O) groups is 1. The maximum atomic E-state index is 13.2. The number of alkyl halides is 3. The summed E-state index contributed by atoms with van der Waals surface area (Å²) in [5.41, 5.74) is 8.63. The molecule has 0 radical (unpaired) electrons. The van der Waals surface area contributed by atoms with Gasteiger partial charge >= 0.3 is 6.18 Å². The quantitative estimate of drug-likeness (QED) is 0.607. The van der Waals surface area contributed by atoms with E-state index in [2.05, 4.69) is 15.5 Å². The van der Waals surface area contributed by atoms with Gasteiger partial charge in [-0.2, -0.15) is 13.2 Å². The number of carbonyl (C=O) groups excluding carboxylic acids is 1. The lowest BCUT2D eigenvalue weighted by Gasteiger charge is -2.37. The predicted octanol–water partition coefficient (Wildman–Crippen LogP) is 4.54. The molecule has 0 saturated heterocycles. The Morgan fingerprint density at radius 1 is 1.20 bits per heavy atom. The maximum absolute atomic E-state index is 13.2. The maximum Gasteiger partial charge on any atom is 0.391 e. The van der Waals surface area contributed by atoms with E-state index in [4.69, 9.17) is 5.73 Å². The molecule has 166 valence electrons. The lowest BCUT2D eigenvalue weighted by atomic mass is 9.79. The summed E-state index contributed by atoms with van der Waals surface area (Å²) < 4.78 is 38.9. The van der Waals surface area contributed by atoms with Crippen LogP contribution in [0, 0.1) is 11.3 Å². The van der Waals surface area contributed by atoms with Crippen LogP contribution in [0.25, 0.3) is 0 Å². The highest BCUT2D eigenvalue weighted by molar-refractivity contribution is 6.02. The molecule has 1 atom stereocenters. The first-order chi connectivity index (χ1) is 14.1. The first-order valence-corrected chi connectivity index (χ1v) is 10.9. The highest BCUT2D eigenvalue weighted by atomic mass is 19.4. The molecule has 1 aromatic rings. The molecule has 3 saturated carbocycles. The molecule has 8 heteroatoms. The number of hydrogen-bond acceptors (Lipinski definition) is 4. The van der Waals surface area contributed by atoms with E-state index in [9.17, 15) is 18.0 Å². The number of nitrogens with zero attached hydrogens (tertiary/aromatic N) is 1. The molecule has 0 aliphatic heterocycles. The molecule has 0 heterocycles. The number of benzene rings is 1. The number of anilines is 3. The van der Waals surface area contributed by atoms with Crippen LogP contribution in [0.1, 0.15) is 61.7 Å². The van der Waals surface area contributed by atoms with Gasteiger partial charge in [-0.1, -0.05) is 0 Å². The smallest absolute Gasteiger partial charge is 0.391 e. The van der Waals surface area contributed by atoms with E-state index >= 15 is 0 Å². The topological polar surface area (TPSA) is 70.4 Å². The third-order valence-electron chi connectivity index (χ3n) is 7.62. The summed E-state index contributed by atoms with van der Waals surface area (Å²) in [7, 11) is 3.80. The molecule has 0 unspecified atom stereocenters. The van der Waals surface area contributed by atoms with E-state index in [0.29, 0.717) is 30.1 Å². The van der Waals surface area contributed by atoms with Crippen LogP contribution in [-0.4, -0.2) is 38.3 Å². The second-order valence-corrected chi connectivity index (χ2v) is 9.31. The molecule has 1 amide bonds. The highest BCUT2D eigenvalue weighted by Gasteiger charge is 2.58. The Morgan fingerprint density at radius 2 is 1.87 bits per heavy atom. The van der Waals surface area contributed by atoms with Crippen LogP contribution in [0.2, 0.25) is 0 Å². The summed E-state index contributed by atoms with van der Waals surface area (Å²) >= 11 is 0. The van der Waals surface area contributed by atoms with Crippen LogP contribution in [0.3, 0.4) is 0 Å². The van der Waals surface area contributed by atoms with Crippen molar-refractivity contribution in [3.05, 3.63) is 17.7 Å². The monoisotopic (exact) mass is 424 g/mol. The lowest BCUT2D eigenvalue weighted by Crippen LogP contribution is -2.39. The van der Waals surface area contributed by atoms with Crippen molar-refractivity contribution < 1.29 is 18.0 Å². The van der Waals surface area contributed by atoms with Gasteiger partial charge < -0.3 is 21.3 Å². The van der Waals surface area contributed by atoms with Crippen LogP contribution < -0.4 is 21.3 Å². The van der Waals surface area contributed by atoms with Gasteiger partial charge in [0.2, 0.25) is 0 Å². The second kappa shape index (κ2) is 7.54. The fourth-order valence-corrected chi connectivity index (χ4v) is 5.13. The number of amides is 1. The van der Waals surface area contributed by atoms with Crippen molar-refractivity contribution in [2.24, 2.45) is 11.3 Å². The van der Waals surface area contributed by atoms with Crippen molar-refractivity contribution in [2.45, 2.75) is 69.6 Å². The number of nitrogens with two attached hydrogens (primary N) is 1. The summed E-state index contributed by atoms with van der Waals surface area (Å²) in [6, 6.07) is 3.99. The average Bonchev–Trinajstić information content (AvgIpc) is 3.30. The van der Waals surface area contributed by atoms with Crippen LogP contribution in [0.5, 0.6) is 0 Å². The summed E-state index contributed by atoms with van der Waals surface area (Å²) in [6.45, 7) is 0. The Bertz CT molecular complexity index is 813. The van der Waals surface area contributed by atoms with E-state index in [-0.39, 0.29) is 30.2 Å². The molecule has 3 fully saturated rings. The van der Waals surface area contributed by atoms with Crippen molar-refractivity contribution in [2.75, 3.05) is 30.0 Å². The Labute approximate surface area is 175 Å². The Balaban J connectivity index is 1.47. The van der Waals surface area contributed by atoms with Gasteiger partial charge in [0.15, 0.2) is 0 Å². The van der Waals surface area contributed by atoms with Gasteiger partial charge in [-0.3, -0.25) is 4.79 Å². The summed E-state index contributed by atoms with van der Waals surface area (Å²) in [5, 5.41) is 6.17. The van der Waals surface area contributed by atoms with Crippen LogP contribution in [-0.2, 0) is 0 Å². The molecule has 0 bridgehead atoms. The zero-order valence-electron chi connectivity index (χ0n) is 17.6. The molecule has 3 aliphatic carbocycles. The van der Waals surface area contributed by atoms with Gasteiger partial charge in [-0.15, -0.1) is 0 Å². The third-order valence-corrected chi connectivity index (χ3v) is 7.62. The Hall–Kier alpha value is -2.12. The normalized spacial score (nSPS) is 28.7. The van der Waals surface area contributed by atoms with E-state index < -0.39 is 12.1 Å². The number of nitrogen functional groups attached to an aromatic ring is 1. The van der Waals surface area contributed by atoms with Crippen molar-refractivity contribution in [3.63, 3.8) is 0 Å². The minimum absolute atomic E-state index is 0.0498. The van der Waals surface area contributed by atoms with Crippen molar-refractivity contribution in [1.29, 1.82) is 0 Å². The number of nitrogens with one attached hydrogen (secondary N) is 2. The van der Waals surface area contributed by atoms with Crippen molar-refractivity contribution >= 4 is 23.0 Å². The minimum atomic E-state index is -4.11. The lowest BCUT2D eigenvalue weighted by molar-refractivity contribution is -0.184. The van der Waals surface area contributed by atoms with Gasteiger partial charge in [0.05, 0.1) is 28.5 Å². The second-order valence-electron chi connectivity index (χ2n) is 9.31. The molecule has 1 aromatic carbocycles. The fourth-order valence-electron chi connectivity index (χ4n) is 5.13. The van der Waals surface area contributed by atoms with Gasteiger partial charge in [0, 0.05) is 26.2 Å². The molecule has 5 nitrogen and oxygen atoms in total. The molecule has 0 aromatic heterocycles. The minimum Gasteiger partial charge on any atom is -0.397 e. The van der Waals surface area contributed by atoms with Crippen LogP contribution >= 0.6 is 0 Å². The Morgan fingerprint density at radius 3 is 2.40 bits per heavy atom. The average molecular weight is 425 g/mol. The number of halogens is 3. The van der Waals surface area contributed by atoms with Crippen molar-refractivity contribution in [1.82, 2.24) is 5.32 Å². The summed E-state index contributed by atoms with van der Waals surface area (Å²) in [5.74, 6) is -1.39. The molecular weight excluding hydrogens is 393 g/mol. The third kappa shape index (κ3) is 3.81. The molecular formula is C22H31F3N4O. The summed E-state index contributed by atoms with van der Waals surface area (Å²) in [6.07, 6.45) is 1.42. The number of rotatable bonds is 5. The molecule has 30 heavy (non-hydrogen) atoms. The van der Waals surface area contributed by atoms with Gasteiger partial charge in [0.1, 0.15) is 0 Å². The Kier molecular flexibility index (Phi) is 5.31. The number of hydrogen-bond donors (Lipinski definition) is 3. The largest absolute Gasteiger partial charge is 0.397 e. The zero-order valence-corrected chi connectivity index (χ0v) is 17.6. The van der Waals surface area contributed by atoms with Crippen molar-refractivity contribution in [3.8, 4) is 0 Å². The SMILES string of the molecule is CNc1cc(N(C)C2CCC2)c(C(=O)N[C@@H]2CC23CCC(C(F)(F)F)CC3)cc1N. The van der Waals surface area contributed by atoms with Gasteiger partial charge in [-0.25, -0.2) is 0 Å². The van der Waals surface area contributed by atoms with E-state index in [0.717, 1.165) is 30.6 Å². The van der Waals surface area contributed by atoms with E-state index in [1.54, 1.807) is 13.1 Å². The predicted molar refractivity (Wildman–Crippen MR) is 113 cm³/mol. The van der Waals surface area contributed by atoms with E-state index in [1.165, 1.54) is 6.42 Å². The fraction of sp³-hybridized carbons (Fsp3) is 0.682. The standard InChI is InChI=1S/C22H31F3N4O/c1-27-17-11-18(29(2)14-4-3-5-14)15(10-16(17)26)20(30)28-19-12-21(19)8-6-13(7-9-21)22(23,24)25/h10-11,13-14,19,27H,3-9,12,26H2,1-2H3,(H,28,30)/t13?,19-,21?/m1/s1. The molecule has 1 spiro atoms. The molecule has 4 rings (SSSR count). The van der Waals surface area contributed by atoms with E-state index in [1.807, 2.05) is 13.1 Å².